The van der Waals surface area contributed by atoms with E-state index in [1.807, 2.05) is 0 Å². The molecule has 0 saturated heterocycles. The molecule has 2 aromatic rings. The van der Waals surface area contributed by atoms with Gasteiger partial charge in [-0.3, -0.25) is 4.79 Å². The minimum atomic E-state index is -0.249. The largest absolute Gasteiger partial charge is 0.298 e. The summed E-state index contributed by atoms with van der Waals surface area (Å²) in [5, 5.41) is 2.00. The Balaban J connectivity index is 2.87. The number of hydrogen-bond donors (Lipinski definition) is 0. The quantitative estimate of drug-likeness (QED) is 0.582. The summed E-state index contributed by atoms with van der Waals surface area (Å²) in [4.78, 5) is 10.5. The van der Waals surface area contributed by atoms with Gasteiger partial charge in [0.25, 0.3) is 0 Å². The van der Waals surface area contributed by atoms with Gasteiger partial charge in [0, 0.05) is 19.9 Å². The minimum absolute atomic E-state index is 0.249. The Labute approximate surface area is 91.7 Å². The molecule has 1 nitrogen and oxygen atoms in total. The second-order valence-electron chi connectivity index (χ2n) is 2.58. The van der Waals surface area contributed by atoms with Crippen LogP contribution in [0.25, 0.3) is 10.1 Å². The number of aldehydes is 1. The number of carbonyl (C=O) groups is 1. The van der Waals surface area contributed by atoms with Crippen molar-refractivity contribution in [1.82, 2.24) is 0 Å². The number of rotatable bonds is 1. The molecule has 0 unspecified atom stereocenters. The maximum absolute atomic E-state index is 13.1. The summed E-state index contributed by atoms with van der Waals surface area (Å²) in [6.07, 6.45) is 0.735. The van der Waals surface area contributed by atoms with Crippen LogP contribution in [0.2, 0.25) is 0 Å². The molecule has 1 aromatic heterocycles. The fourth-order valence-electron chi connectivity index (χ4n) is 1.15. The lowest BCUT2D eigenvalue weighted by atomic mass is 10.2. The molecule has 0 aliphatic rings. The van der Waals surface area contributed by atoms with E-state index in [2.05, 4.69) is 22.6 Å². The highest BCUT2D eigenvalue weighted by atomic mass is 127. The smallest absolute Gasteiger partial charge is 0.150 e. The average molecular weight is 306 g/mol. The van der Waals surface area contributed by atoms with Crippen LogP contribution in [0.15, 0.2) is 17.5 Å². The van der Waals surface area contributed by atoms with Crippen molar-refractivity contribution in [3.05, 3.63) is 32.5 Å². The fourth-order valence-corrected chi connectivity index (χ4v) is 2.99. The third-order valence-electron chi connectivity index (χ3n) is 1.74. The highest BCUT2D eigenvalue weighted by Gasteiger charge is 2.07. The van der Waals surface area contributed by atoms with Crippen molar-refractivity contribution >= 4 is 50.3 Å². The van der Waals surface area contributed by atoms with Crippen LogP contribution >= 0.6 is 33.9 Å². The molecule has 0 N–H and O–H groups in total. The van der Waals surface area contributed by atoms with Gasteiger partial charge in [0.1, 0.15) is 12.1 Å². The zero-order chi connectivity index (χ0) is 9.42. The van der Waals surface area contributed by atoms with E-state index in [1.54, 1.807) is 12.1 Å². The summed E-state index contributed by atoms with van der Waals surface area (Å²) in [6.45, 7) is 0. The summed E-state index contributed by atoms with van der Waals surface area (Å²) < 4.78 is 15.0. The Hall–Kier alpha value is -0.490. The zero-order valence-electron chi connectivity index (χ0n) is 6.38. The minimum Gasteiger partial charge on any atom is -0.298 e. The van der Waals surface area contributed by atoms with Gasteiger partial charge in [0.05, 0.1) is 4.70 Å². The number of fused-ring (bicyclic) bond motifs is 1. The lowest BCUT2D eigenvalue weighted by Gasteiger charge is -1.95. The molecular weight excluding hydrogens is 302 g/mol. The summed E-state index contributed by atoms with van der Waals surface area (Å²) in [5.74, 6) is -0.249. The highest BCUT2D eigenvalue weighted by molar-refractivity contribution is 14.1. The lowest BCUT2D eigenvalue weighted by Crippen LogP contribution is -1.82. The van der Waals surface area contributed by atoms with E-state index in [1.165, 1.54) is 16.7 Å². The monoisotopic (exact) mass is 306 g/mol. The van der Waals surface area contributed by atoms with Crippen molar-refractivity contribution in [2.24, 2.45) is 0 Å². The van der Waals surface area contributed by atoms with Gasteiger partial charge in [-0.05, 0) is 34.7 Å². The first-order valence-corrected chi connectivity index (χ1v) is 5.49. The van der Waals surface area contributed by atoms with Gasteiger partial charge in [-0.15, -0.1) is 11.3 Å². The summed E-state index contributed by atoms with van der Waals surface area (Å²) in [5.41, 5.74) is 0.522. The first-order valence-electron chi connectivity index (χ1n) is 3.54. The molecule has 0 bridgehead atoms. The van der Waals surface area contributed by atoms with Crippen LogP contribution < -0.4 is 0 Å². The predicted molar refractivity (Wildman–Crippen MR) is 59.9 cm³/mol. The van der Waals surface area contributed by atoms with Gasteiger partial charge in [-0.25, -0.2) is 4.39 Å². The van der Waals surface area contributed by atoms with Crippen molar-refractivity contribution in [3.63, 3.8) is 0 Å². The van der Waals surface area contributed by atoms with Gasteiger partial charge in [-0.2, -0.15) is 0 Å². The Kier molecular flexibility index (Phi) is 2.33. The van der Waals surface area contributed by atoms with E-state index in [9.17, 15) is 9.18 Å². The fraction of sp³-hybridized carbons (Fsp3) is 0. The van der Waals surface area contributed by atoms with Crippen molar-refractivity contribution in [2.45, 2.75) is 0 Å². The molecule has 0 amide bonds. The number of hydrogen-bond acceptors (Lipinski definition) is 2. The maximum atomic E-state index is 13.1. The number of halogens is 2. The number of benzene rings is 1. The zero-order valence-corrected chi connectivity index (χ0v) is 9.36. The van der Waals surface area contributed by atoms with Crippen molar-refractivity contribution in [1.29, 1.82) is 0 Å². The molecule has 1 heterocycles. The molecule has 4 heteroatoms. The van der Waals surface area contributed by atoms with Gasteiger partial charge < -0.3 is 0 Å². The van der Waals surface area contributed by atoms with E-state index in [-0.39, 0.29) is 5.82 Å². The molecule has 1 aromatic carbocycles. The normalized spacial score (nSPS) is 10.6. The molecule has 0 atom stereocenters. The lowest BCUT2D eigenvalue weighted by molar-refractivity contribution is 0.112. The van der Waals surface area contributed by atoms with Crippen LogP contribution in [0.1, 0.15) is 10.4 Å². The van der Waals surface area contributed by atoms with Gasteiger partial charge >= 0.3 is 0 Å². The van der Waals surface area contributed by atoms with Crippen LogP contribution in [0.5, 0.6) is 0 Å². The van der Waals surface area contributed by atoms with E-state index in [0.717, 1.165) is 14.6 Å². The Morgan fingerprint density at radius 2 is 2.23 bits per heavy atom. The van der Waals surface area contributed by atoms with Gasteiger partial charge in [0.2, 0.25) is 0 Å². The Bertz CT molecular complexity index is 478. The van der Waals surface area contributed by atoms with Crippen LogP contribution in [0.3, 0.4) is 0 Å². The van der Waals surface area contributed by atoms with Gasteiger partial charge in [0.15, 0.2) is 0 Å². The Morgan fingerprint density at radius 1 is 1.46 bits per heavy atom. The molecule has 0 aliphatic heterocycles. The first kappa shape index (κ1) is 9.08. The molecule has 0 radical (unpaired) electrons. The highest BCUT2D eigenvalue weighted by Crippen LogP contribution is 2.29. The van der Waals surface area contributed by atoms with Crippen LogP contribution in [0.4, 0.5) is 4.39 Å². The van der Waals surface area contributed by atoms with E-state index in [4.69, 9.17) is 0 Å². The predicted octanol–water partition coefficient (Wildman–Crippen LogP) is 3.46. The van der Waals surface area contributed by atoms with Crippen molar-refractivity contribution in [3.8, 4) is 0 Å². The van der Waals surface area contributed by atoms with E-state index in [0.29, 0.717) is 10.9 Å². The van der Waals surface area contributed by atoms with Crippen LogP contribution in [-0.4, -0.2) is 6.29 Å². The topological polar surface area (TPSA) is 17.1 Å². The van der Waals surface area contributed by atoms with Crippen LogP contribution in [0, 0.1) is 9.39 Å². The van der Waals surface area contributed by atoms with Crippen LogP contribution in [-0.2, 0) is 0 Å². The maximum Gasteiger partial charge on any atom is 0.150 e. The standard InChI is InChI=1S/C9H4FIOS/c10-7-4-13-9-6(7)1-5(3-12)2-8(9)11/h1-4H. The number of thiophene rings is 1. The third kappa shape index (κ3) is 1.48. The molecule has 0 aliphatic carbocycles. The molecule has 13 heavy (non-hydrogen) atoms. The number of carbonyl (C=O) groups excluding carboxylic acids is 1. The summed E-state index contributed by atoms with van der Waals surface area (Å²) in [6, 6.07) is 3.34. The molecular formula is C9H4FIOS. The van der Waals surface area contributed by atoms with Crippen molar-refractivity contribution in [2.75, 3.05) is 0 Å². The molecule has 0 spiro atoms. The second-order valence-corrected chi connectivity index (χ2v) is 4.62. The summed E-state index contributed by atoms with van der Waals surface area (Å²) in [7, 11) is 0. The average Bonchev–Trinajstić information content (AvgIpc) is 2.48. The summed E-state index contributed by atoms with van der Waals surface area (Å²) >= 11 is 3.47. The second kappa shape index (κ2) is 3.34. The molecule has 2 rings (SSSR count). The molecule has 0 fully saturated rings. The first-order chi connectivity index (χ1) is 6.22. The van der Waals surface area contributed by atoms with Crippen molar-refractivity contribution < 1.29 is 9.18 Å². The SMILES string of the molecule is O=Cc1cc(I)c2scc(F)c2c1. The van der Waals surface area contributed by atoms with E-state index < -0.39 is 0 Å². The Morgan fingerprint density at radius 3 is 2.92 bits per heavy atom. The molecule has 66 valence electrons. The third-order valence-corrected chi connectivity index (χ3v) is 3.96. The van der Waals surface area contributed by atoms with Gasteiger partial charge in [-0.1, -0.05) is 0 Å². The van der Waals surface area contributed by atoms with E-state index >= 15 is 0 Å². The molecule has 0 saturated carbocycles.